The second kappa shape index (κ2) is 7.66. The fourth-order valence-corrected chi connectivity index (χ4v) is 4.50. The zero-order valence-electron chi connectivity index (χ0n) is 13.8. The van der Waals surface area contributed by atoms with Gasteiger partial charge >= 0.3 is 5.97 Å². The maximum absolute atomic E-state index is 13.0. The summed E-state index contributed by atoms with van der Waals surface area (Å²) in [5, 5.41) is 7.98. The molecular formula is C20H19NO3S. The van der Waals surface area contributed by atoms with E-state index in [1.165, 1.54) is 11.8 Å². The van der Waals surface area contributed by atoms with E-state index in [1.54, 1.807) is 19.1 Å². The first-order valence-electron chi connectivity index (χ1n) is 8.19. The van der Waals surface area contributed by atoms with Crippen LogP contribution in [0.3, 0.4) is 0 Å². The standard InChI is InChI=1S/C20H19NO3S/c1-2-24-20(23)16-15(13-9-5-3-6-10-13)18(25-19(16)21)17(22)14-11-7-4-8-12-14/h3-12,15-16,18,21H,2H2,1H3/t15-,16-,18+/m1/s1. The van der Waals surface area contributed by atoms with Crippen LogP contribution >= 0.6 is 11.8 Å². The van der Waals surface area contributed by atoms with Gasteiger partial charge in [0.05, 0.1) is 16.9 Å². The average Bonchev–Trinajstić information content (AvgIpc) is 3.00. The number of benzene rings is 2. The molecule has 0 bridgehead atoms. The maximum atomic E-state index is 13.0. The average molecular weight is 353 g/mol. The molecule has 2 aromatic carbocycles. The van der Waals surface area contributed by atoms with Gasteiger partial charge in [0.15, 0.2) is 5.78 Å². The first kappa shape index (κ1) is 17.4. The molecule has 0 aromatic heterocycles. The van der Waals surface area contributed by atoms with Gasteiger partial charge in [-0.3, -0.25) is 15.0 Å². The molecule has 0 spiro atoms. The van der Waals surface area contributed by atoms with Gasteiger partial charge in [0.2, 0.25) is 0 Å². The second-order valence-corrected chi connectivity index (χ2v) is 6.98. The molecular weight excluding hydrogens is 334 g/mol. The van der Waals surface area contributed by atoms with Gasteiger partial charge in [0.1, 0.15) is 5.92 Å². The lowest BCUT2D eigenvalue weighted by Gasteiger charge is -2.22. The molecule has 0 unspecified atom stereocenters. The molecule has 1 aliphatic rings. The van der Waals surface area contributed by atoms with Gasteiger partial charge < -0.3 is 4.74 Å². The molecule has 1 aliphatic heterocycles. The van der Waals surface area contributed by atoms with Crippen LogP contribution in [0.2, 0.25) is 0 Å². The van der Waals surface area contributed by atoms with E-state index in [2.05, 4.69) is 0 Å². The Kier molecular flexibility index (Phi) is 5.34. The Morgan fingerprint density at radius 3 is 2.24 bits per heavy atom. The Hall–Kier alpha value is -2.40. The normalized spacial score (nSPS) is 22.6. The zero-order valence-corrected chi connectivity index (χ0v) is 14.7. The summed E-state index contributed by atoms with van der Waals surface area (Å²) < 4.78 is 5.18. The minimum atomic E-state index is -0.731. The molecule has 5 heteroatoms. The van der Waals surface area contributed by atoms with Gasteiger partial charge in [0.25, 0.3) is 0 Å². The lowest BCUT2D eigenvalue weighted by atomic mass is 9.82. The highest BCUT2D eigenvalue weighted by Gasteiger charge is 2.49. The summed E-state index contributed by atoms with van der Waals surface area (Å²) in [5.74, 6) is -1.62. The third-order valence-electron chi connectivity index (χ3n) is 4.26. The van der Waals surface area contributed by atoms with Crippen molar-refractivity contribution in [1.29, 1.82) is 5.41 Å². The van der Waals surface area contributed by atoms with Crippen LogP contribution in [0.25, 0.3) is 0 Å². The highest BCUT2D eigenvalue weighted by Crippen LogP contribution is 2.47. The van der Waals surface area contributed by atoms with Crippen LogP contribution in [0.5, 0.6) is 0 Å². The lowest BCUT2D eigenvalue weighted by Crippen LogP contribution is -2.30. The van der Waals surface area contributed by atoms with E-state index in [9.17, 15) is 9.59 Å². The van der Waals surface area contributed by atoms with Crippen molar-refractivity contribution in [3.8, 4) is 0 Å². The highest BCUT2D eigenvalue weighted by molar-refractivity contribution is 8.15. The minimum absolute atomic E-state index is 0.0593. The number of carbonyl (C=O) groups is 2. The molecule has 128 valence electrons. The number of hydrogen-bond acceptors (Lipinski definition) is 5. The van der Waals surface area contributed by atoms with Crippen LogP contribution in [0.1, 0.15) is 28.8 Å². The Morgan fingerprint density at radius 2 is 1.64 bits per heavy atom. The SMILES string of the molecule is CCOC(=O)[C@H]1C(=N)S[C@H](C(=O)c2ccccc2)[C@@H]1c1ccccc1. The lowest BCUT2D eigenvalue weighted by molar-refractivity contribution is -0.145. The Labute approximate surface area is 151 Å². The first-order chi connectivity index (χ1) is 12.1. The summed E-state index contributed by atoms with van der Waals surface area (Å²) in [6, 6.07) is 18.5. The summed E-state index contributed by atoms with van der Waals surface area (Å²) in [4.78, 5) is 25.5. The predicted molar refractivity (Wildman–Crippen MR) is 99.2 cm³/mol. The van der Waals surface area contributed by atoms with Gasteiger partial charge in [-0.25, -0.2) is 0 Å². The molecule has 3 atom stereocenters. The van der Waals surface area contributed by atoms with Crippen molar-refractivity contribution < 1.29 is 14.3 Å². The summed E-state index contributed by atoms with van der Waals surface area (Å²) in [5.41, 5.74) is 1.47. The Balaban J connectivity index is 2.01. The number of ketones is 1. The van der Waals surface area contributed by atoms with Crippen LogP contribution in [0, 0.1) is 11.3 Å². The monoisotopic (exact) mass is 353 g/mol. The van der Waals surface area contributed by atoms with E-state index in [-0.39, 0.29) is 17.4 Å². The van der Waals surface area contributed by atoms with Gasteiger partial charge in [-0.05, 0) is 12.5 Å². The van der Waals surface area contributed by atoms with Crippen LogP contribution < -0.4 is 0 Å². The third kappa shape index (κ3) is 3.51. The Bertz CT molecular complexity index is 776. The molecule has 4 nitrogen and oxygen atoms in total. The predicted octanol–water partition coefficient (Wildman–Crippen LogP) is 3.93. The van der Waals surface area contributed by atoms with Crippen molar-refractivity contribution in [1.82, 2.24) is 0 Å². The molecule has 1 saturated heterocycles. The summed E-state index contributed by atoms with van der Waals surface area (Å²) in [6.07, 6.45) is 0. The molecule has 0 aliphatic carbocycles. The van der Waals surface area contributed by atoms with E-state index < -0.39 is 23.1 Å². The third-order valence-corrected chi connectivity index (χ3v) is 5.53. The smallest absolute Gasteiger partial charge is 0.316 e. The molecule has 0 saturated carbocycles. The summed E-state index contributed by atoms with van der Waals surface area (Å²) >= 11 is 1.17. The van der Waals surface area contributed by atoms with Crippen molar-refractivity contribution in [3.05, 3.63) is 71.8 Å². The summed E-state index contributed by atoms with van der Waals surface area (Å²) in [7, 11) is 0. The zero-order chi connectivity index (χ0) is 17.8. The molecule has 1 fully saturated rings. The number of carbonyl (C=O) groups excluding carboxylic acids is 2. The topological polar surface area (TPSA) is 67.2 Å². The number of esters is 1. The quantitative estimate of drug-likeness (QED) is 0.653. The van der Waals surface area contributed by atoms with Crippen LogP contribution in [-0.2, 0) is 9.53 Å². The number of nitrogens with one attached hydrogen (secondary N) is 1. The van der Waals surface area contributed by atoms with Crippen LogP contribution in [0.15, 0.2) is 60.7 Å². The van der Waals surface area contributed by atoms with E-state index in [4.69, 9.17) is 10.1 Å². The van der Waals surface area contributed by atoms with E-state index >= 15 is 0 Å². The number of hydrogen-bond donors (Lipinski definition) is 1. The molecule has 2 aromatic rings. The van der Waals surface area contributed by atoms with Gasteiger partial charge in [-0.15, -0.1) is 0 Å². The second-order valence-electron chi connectivity index (χ2n) is 5.80. The number of Topliss-reactive ketones (excluding diaryl/α,β-unsaturated/α-hetero) is 1. The van der Waals surface area contributed by atoms with Crippen molar-refractivity contribution >= 4 is 28.6 Å². The van der Waals surface area contributed by atoms with Crippen molar-refractivity contribution in [3.63, 3.8) is 0 Å². The van der Waals surface area contributed by atoms with Crippen LogP contribution in [0.4, 0.5) is 0 Å². The number of ether oxygens (including phenoxy) is 1. The molecule has 25 heavy (non-hydrogen) atoms. The largest absolute Gasteiger partial charge is 0.465 e. The maximum Gasteiger partial charge on any atom is 0.316 e. The van der Waals surface area contributed by atoms with Crippen LogP contribution in [-0.4, -0.2) is 28.7 Å². The van der Waals surface area contributed by atoms with E-state index in [1.807, 2.05) is 48.5 Å². The van der Waals surface area contributed by atoms with Crippen molar-refractivity contribution in [2.24, 2.45) is 5.92 Å². The fourth-order valence-electron chi connectivity index (χ4n) is 3.13. The van der Waals surface area contributed by atoms with E-state index in [0.717, 1.165) is 5.56 Å². The highest BCUT2D eigenvalue weighted by atomic mass is 32.2. The number of thioether (sulfide) groups is 1. The van der Waals surface area contributed by atoms with Gasteiger partial charge in [-0.1, -0.05) is 72.4 Å². The molecule has 1 heterocycles. The van der Waals surface area contributed by atoms with Gasteiger partial charge in [0, 0.05) is 11.5 Å². The van der Waals surface area contributed by atoms with E-state index in [0.29, 0.717) is 5.56 Å². The van der Waals surface area contributed by atoms with Crippen molar-refractivity contribution in [2.75, 3.05) is 6.61 Å². The molecule has 3 rings (SSSR count). The Morgan fingerprint density at radius 1 is 1.04 bits per heavy atom. The first-order valence-corrected chi connectivity index (χ1v) is 9.07. The molecule has 0 radical (unpaired) electrons. The van der Waals surface area contributed by atoms with Crippen molar-refractivity contribution in [2.45, 2.75) is 18.1 Å². The molecule has 1 N–H and O–H groups in total. The van der Waals surface area contributed by atoms with Gasteiger partial charge in [-0.2, -0.15) is 0 Å². The molecule has 0 amide bonds. The fraction of sp³-hybridized carbons (Fsp3) is 0.250. The minimum Gasteiger partial charge on any atom is -0.465 e. The summed E-state index contributed by atoms with van der Waals surface area (Å²) in [6.45, 7) is 2.00. The number of rotatable bonds is 5.